The molecule has 1 fully saturated rings. The lowest BCUT2D eigenvalue weighted by Crippen LogP contribution is -2.36. The average Bonchev–Trinajstić information content (AvgIpc) is 3.43. The largest absolute Gasteiger partial charge is 0.436 e. The summed E-state index contributed by atoms with van der Waals surface area (Å²) in [6.07, 6.45) is 1.63. The molecule has 0 saturated carbocycles. The zero-order valence-electron chi connectivity index (χ0n) is 15.2. The third-order valence-corrected chi connectivity index (χ3v) is 5.21. The minimum atomic E-state index is -0.510. The number of nitro benzene ring substituents is 1. The lowest BCUT2D eigenvalue weighted by molar-refractivity contribution is -0.384. The van der Waals surface area contributed by atoms with Gasteiger partial charge in [0.1, 0.15) is 5.52 Å². The van der Waals surface area contributed by atoms with Crippen molar-refractivity contribution < 1.29 is 23.7 Å². The summed E-state index contributed by atoms with van der Waals surface area (Å²) in [6.45, 7) is 0.891. The average molecular weight is 393 g/mol. The second-order valence-corrected chi connectivity index (χ2v) is 7.04. The fourth-order valence-electron chi connectivity index (χ4n) is 3.73. The highest BCUT2D eigenvalue weighted by atomic mass is 16.6. The number of oxazole rings is 1. The Labute approximate surface area is 164 Å². The summed E-state index contributed by atoms with van der Waals surface area (Å²) < 4.78 is 11.2. The number of nitro groups is 1. The van der Waals surface area contributed by atoms with Crippen molar-refractivity contribution in [3.63, 3.8) is 0 Å². The van der Waals surface area contributed by atoms with Crippen molar-refractivity contribution >= 4 is 28.6 Å². The molecule has 2 aromatic carbocycles. The van der Waals surface area contributed by atoms with Crippen LogP contribution in [0.1, 0.15) is 33.6 Å². The SMILES string of the molecule is O=C1c2ccc(-c3nc4ccc([N+](=O)[O-])cc4o3)cc2C(=O)N1CC1CCCO1. The first-order chi connectivity index (χ1) is 14.0. The molecular weight excluding hydrogens is 378 g/mol. The molecule has 5 rings (SSSR count). The summed E-state index contributed by atoms with van der Waals surface area (Å²) in [5.41, 5.74) is 1.79. The van der Waals surface area contributed by atoms with Crippen molar-refractivity contribution in [2.45, 2.75) is 18.9 Å². The molecule has 9 nitrogen and oxygen atoms in total. The van der Waals surface area contributed by atoms with Crippen LogP contribution in [0, 0.1) is 10.1 Å². The molecule has 0 spiro atoms. The Morgan fingerprint density at radius 3 is 2.72 bits per heavy atom. The minimum absolute atomic E-state index is 0.0975. The van der Waals surface area contributed by atoms with E-state index in [1.165, 1.54) is 23.1 Å². The van der Waals surface area contributed by atoms with Crippen LogP contribution in [0.3, 0.4) is 0 Å². The molecule has 2 aliphatic rings. The Bertz CT molecular complexity index is 1180. The van der Waals surface area contributed by atoms with Gasteiger partial charge in [-0.05, 0) is 37.1 Å². The van der Waals surface area contributed by atoms with Crippen molar-refractivity contribution in [2.75, 3.05) is 13.2 Å². The Balaban J connectivity index is 1.48. The number of amides is 2. The molecule has 0 N–H and O–H groups in total. The van der Waals surface area contributed by atoms with Gasteiger partial charge in [-0.3, -0.25) is 24.6 Å². The summed E-state index contributed by atoms with van der Waals surface area (Å²) in [5.74, 6) is -0.476. The third-order valence-electron chi connectivity index (χ3n) is 5.21. The zero-order valence-corrected chi connectivity index (χ0v) is 15.2. The number of fused-ring (bicyclic) bond motifs is 2. The number of carbonyl (C=O) groups excluding carboxylic acids is 2. The first kappa shape index (κ1) is 17.5. The number of ether oxygens (including phenoxy) is 1. The maximum Gasteiger partial charge on any atom is 0.273 e. The Morgan fingerprint density at radius 2 is 1.97 bits per heavy atom. The molecule has 1 unspecified atom stereocenters. The molecule has 9 heteroatoms. The lowest BCUT2D eigenvalue weighted by atomic mass is 10.1. The number of imide groups is 1. The van der Waals surface area contributed by atoms with Gasteiger partial charge in [0.15, 0.2) is 5.58 Å². The maximum absolute atomic E-state index is 12.8. The van der Waals surface area contributed by atoms with Gasteiger partial charge in [0.25, 0.3) is 17.5 Å². The van der Waals surface area contributed by atoms with Crippen molar-refractivity contribution in [3.05, 3.63) is 57.6 Å². The quantitative estimate of drug-likeness (QED) is 0.380. The van der Waals surface area contributed by atoms with Crippen LogP contribution >= 0.6 is 0 Å². The minimum Gasteiger partial charge on any atom is -0.436 e. The van der Waals surface area contributed by atoms with Crippen LogP contribution < -0.4 is 0 Å². The zero-order chi connectivity index (χ0) is 20.1. The van der Waals surface area contributed by atoms with E-state index in [1.807, 2.05) is 0 Å². The summed E-state index contributed by atoms with van der Waals surface area (Å²) >= 11 is 0. The van der Waals surface area contributed by atoms with Crippen molar-refractivity contribution in [2.24, 2.45) is 0 Å². The fraction of sp³-hybridized carbons (Fsp3) is 0.250. The van der Waals surface area contributed by atoms with Gasteiger partial charge >= 0.3 is 0 Å². The van der Waals surface area contributed by atoms with E-state index in [-0.39, 0.29) is 41.6 Å². The molecule has 29 heavy (non-hydrogen) atoms. The molecule has 1 saturated heterocycles. The van der Waals surface area contributed by atoms with Crippen LogP contribution in [0.25, 0.3) is 22.6 Å². The molecule has 0 bridgehead atoms. The van der Waals surface area contributed by atoms with E-state index >= 15 is 0 Å². The Kier molecular flexibility index (Phi) is 3.92. The van der Waals surface area contributed by atoms with Crippen LogP contribution in [0.2, 0.25) is 0 Å². The molecule has 2 aliphatic heterocycles. The highest BCUT2D eigenvalue weighted by Gasteiger charge is 2.37. The van der Waals surface area contributed by atoms with Gasteiger partial charge in [-0.25, -0.2) is 4.98 Å². The molecule has 3 aromatic rings. The number of non-ortho nitro benzene ring substituents is 1. The summed E-state index contributed by atoms with van der Waals surface area (Å²) in [6, 6.07) is 8.96. The second kappa shape index (κ2) is 6.49. The smallest absolute Gasteiger partial charge is 0.273 e. The number of nitrogens with zero attached hydrogens (tertiary/aromatic N) is 3. The summed E-state index contributed by atoms with van der Waals surface area (Å²) in [7, 11) is 0. The first-order valence-electron chi connectivity index (χ1n) is 9.18. The van der Waals surface area contributed by atoms with Gasteiger partial charge in [-0.15, -0.1) is 0 Å². The number of hydrogen-bond donors (Lipinski definition) is 0. The molecule has 1 aromatic heterocycles. The maximum atomic E-state index is 12.8. The molecule has 1 atom stereocenters. The van der Waals surface area contributed by atoms with Crippen LogP contribution in [0.5, 0.6) is 0 Å². The topological polar surface area (TPSA) is 116 Å². The van der Waals surface area contributed by atoms with Crippen LogP contribution in [-0.2, 0) is 4.74 Å². The third kappa shape index (κ3) is 2.87. The highest BCUT2D eigenvalue weighted by Crippen LogP contribution is 2.31. The van der Waals surface area contributed by atoms with Gasteiger partial charge in [-0.1, -0.05) is 0 Å². The molecule has 146 valence electrons. The number of aromatic nitrogens is 1. The normalized spacial score (nSPS) is 18.6. The van der Waals surface area contributed by atoms with Crippen LogP contribution in [0.15, 0.2) is 40.8 Å². The van der Waals surface area contributed by atoms with Crippen molar-refractivity contribution in [3.8, 4) is 11.5 Å². The predicted octanol–water partition coefficient (Wildman–Crippen LogP) is 3.18. The monoisotopic (exact) mass is 393 g/mol. The van der Waals surface area contributed by atoms with E-state index in [0.717, 1.165) is 12.8 Å². The Morgan fingerprint density at radius 1 is 1.14 bits per heavy atom. The van der Waals surface area contributed by atoms with E-state index < -0.39 is 4.92 Å². The van der Waals surface area contributed by atoms with Crippen LogP contribution in [-0.4, -0.2) is 45.9 Å². The van der Waals surface area contributed by atoms with E-state index in [1.54, 1.807) is 18.2 Å². The summed E-state index contributed by atoms with van der Waals surface area (Å²) in [5, 5.41) is 10.9. The van der Waals surface area contributed by atoms with Gasteiger partial charge in [0, 0.05) is 18.2 Å². The summed E-state index contributed by atoms with van der Waals surface area (Å²) in [4.78, 5) is 41.4. The number of benzene rings is 2. The van der Waals surface area contributed by atoms with Gasteiger partial charge in [0.2, 0.25) is 5.89 Å². The highest BCUT2D eigenvalue weighted by molar-refractivity contribution is 6.21. The Hall–Kier alpha value is -3.59. The lowest BCUT2D eigenvalue weighted by Gasteiger charge is -2.17. The standard InChI is InChI=1S/C20H15N3O6/c24-19-14-5-3-11(8-15(14)20(25)22(19)10-13-2-1-7-28-13)18-21-16-6-4-12(23(26)27)9-17(16)29-18/h3-6,8-9,13H,1-2,7,10H2. The molecule has 3 heterocycles. The van der Waals surface area contributed by atoms with E-state index in [4.69, 9.17) is 9.15 Å². The molecule has 2 amide bonds. The first-order valence-corrected chi connectivity index (χ1v) is 9.18. The molecule has 0 aliphatic carbocycles. The van der Waals surface area contributed by atoms with Crippen molar-refractivity contribution in [1.29, 1.82) is 0 Å². The number of rotatable bonds is 4. The predicted molar refractivity (Wildman–Crippen MR) is 100 cm³/mol. The van der Waals surface area contributed by atoms with E-state index in [9.17, 15) is 19.7 Å². The van der Waals surface area contributed by atoms with Gasteiger partial charge < -0.3 is 9.15 Å². The number of carbonyl (C=O) groups is 2. The van der Waals surface area contributed by atoms with E-state index in [2.05, 4.69) is 4.98 Å². The van der Waals surface area contributed by atoms with Gasteiger partial charge in [0.05, 0.1) is 34.8 Å². The van der Waals surface area contributed by atoms with E-state index in [0.29, 0.717) is 28.8 Å². The number of hydrogen-bond acceptors (Lipinski definition) is 7. The van der Waals surface area contributed by atoms with Crippen molar-refractivity contribution in [1.82, 2.24) is 9.88 Å². The molecular formula is C20H15N3O6. The second-order valence-electron chi connectivity index (χ2n) is 7.04. The van der Waals surface area contributed by atoms with Gasteiger partial charge in [-0.2, -0.15) is 0 Å². The van der Waals surface area contributed by atoms with Crippen LogP contribution in [0.4, 0.5) is 5.69 Å². The fourth-order valence-corrected chi connectivity index (χ4v) is 3.73. The molecule has 0 radical (unpaired) electrons.